The van der Waals surface area contributed by atoms with E-state index in [9.17, 15) is 4.39 Å². The Bertz CT molecular complexity index is 707. The molecule has 0 aliphatic heterocycles. The van der Waals surface area contributed by atoms with Crippen molar-refractivity contribution in [3.05, 3.63) is 54.0 Å². The van der Waals surface area contributed by atoms with Crippen LogP contribution in [0.3, 0.4) is 0 Å². The van der Waals surface area contributed by atoms with Crippen LogP contribution >= 0.6 is 0 Å². The number of benzene rings is 1. The fourth-order valence-corrected chi connectivity index (χ4v) is 2.19. The number of guanidine groups is 1. The van der Waals surface area contributed by atoms with Gasteiger partial charge in [0, 0.05) is 24.9 Å². The number of nitrogens with one attached hydrogen (secondary N) is 2. The van der Waals surface area contributed by atoms with Crippen LogP contribution in [0.5, 0.6) is 11.6 Å². The molecule has 140 valence electrons. The minimum Gasteiger partial charge on any atom is -0.489 e. The first-order valence-corrected chi connectivity index (χ1v) is 8.54. The molecule has 0 spiro atoms. The third-order valence-corrected chi connectivity index (χ3v) is 3.46. The predicted molar refractivity (Wildman–Crippen MR) is 100 cm³/mol. The molecule has 0 aliphatic carbocycles. The molecule has 1 aromatic carbocycles. The zero-order valence-corrected chi connectivity index (χ0v) is 15.3. The van der Waals surface area contributed by atoms with Crippen molar-refractivity contribution < 1.29 is 13.9 Å². The van der Waals surface area contributed by atoms with Crippen molar-refractivity contribution in [1.29, 1.82) is 0 Å². The van der Waals surface area contributed by atoms with E-state index >= 15 is 0 Å². The van der Waals surface area contributed by atoms with E-state index in [0.717, 1.165) is 12.1 Å². The van der Waals surface area contributed by atoms with Crippen LogP contribution < -0.4 is 20.1 Å². The second-order valence-electron chi connectivity index (χ2n) is 5.67. The summed E-state index contributed by atoms with van der Waals surface area (Å²) in [5.41, 5.74) is 0.979. The van der Waals surface area contributed by atoms with E-state index in [1.165, 1.54) is 12.1 Å². The van der Waals surface area contributed by atoms with Gasteiger partial charge in [-0.3, -0.25) is 0 Å². The minimum atomic E-state index is -0.314. The smallest absolute Gasteiger partial charge is 0.212 e. The first-order chi connectivity index (χ1) is 12.6. The fourth-order valence-electron chi connectivity index (χ4n) is 2.19. The van der Waals surface area contributed by atoms with Gasteiger partial charge in [-0.25, -0.2) is 14.4 Å². The van der Waals surface area contributed by atoms with Gasteiger partial charge in [0.05, 0.1) is 20.2 Å². The van der Waals surface area contributed by atoms with Crippen LogP contribution in [0.1, 0.15) is 19.4 Å². The van der Waals surface area contributed by atoms with Crippen LogP contribution in [-0.2, 0) is 6.54 Å². The molecule has 26 heavy (non-hydrogen) atoms. The molecule has 1 heterocycles. The second kappa shape index (κ2) is 10.2. The lowest BCUT2D eigenvalue weighted by molar-refractivity contribution is 0.223. The Morgan fingerprint density at radius 3 is 2.77 bits per heavy atom. The maximum atomic E-state index is 13.2. The number of methoxy groups -OCH3 is 1. The number of halogens is 1. The lowest BCUT2D eigenvalue weighted by Gasteiger charge is -2.17. The molecule has 7 heteroatoms. The summed E-state index contributed by atoms with van der Waals surface area (Å²) in [6, 6.07) is 9.84. The van der Waals surface area contributed by atoms with Gasteiger partial charge < -0.3 is 20.1 Å². The number of rotatable bonds is 8. The molecule has 2 rings (SSSR count). The number of nitrogens with zero attached hydrogens (tertiary/aromatic N) is 2. The van der Waals surface area contributed by atoms with Crippen molar-refractivity contribution >= 4 is 5.96 Å². The largest absolute Gasteiger partial charge is 0.489 e. The Morgan fingerprint density at radius 2 is 2.12 bits per heavy atom. The third-order valence-electron chi connectivity index (χ3n) is 3.46. The standard InChI is InChI=1S/C19H25FN4O2/c1-4-21-19(24-13-15-8-9-18(25-3)22-12-15)23-11-14(2)26-17-7-5-6-16(20)10-17/h5-10,12,14H,4,11,13H2,1-3H3,(H2,21,23,24). The summed E-state index contributed by atoms with van der Waals surface area (Å²) in [5.74, 6) is 1.44. The lowest BCUT2D eigenvalue weighted by atomic mass is 10.3. The van der Waals surface area contributed by atoms with Crippen molar-refractivity contribution in [3.63, 3.8) is 0 Å². The van der Waals surface area contributed by atoms with Crippen LogP contribution in [0.2, 0.25) is 0 Å². The van der Waals surface area contributed by atoms with Crippen LogP contribution in [0.25, 0.3) is 0 Å². The monoisotopic (exact) mass is 360 g/mol. The van der Waals surface area contributed by atoms with Crippen molar-refractivity contribution in [2.24, 2.45) is 4.99 Å². The lowest BCUT2D eigenvalue weighted by Crippen LogP contribution is -2.41. The predicted octanol–water partition coefficient (Wildman–Crippen LogP) is 2.75. The van der Waals surface area contributed by atoms with Crippen LogP contribution in [-0.4, -0.2) is 37.2 Å². The molecule has 0 aliphatic rings. The highest BCUT2D eigenvalue weighted by Gasteiger charge is 2.06. The molecular formula is C19H25FN4O2. The summed E-state index contributed by atoms with van der Waals surface area (Å²) >= 11 is 0. The Morgan fingerprint density at radius 1 is 1.27 bits per heavy atom. The summed E-state index contributed by atoms with van der Waals surface area (Å²) < 4.78 is 24.0. The van der Waals surface area contributed by atoms with Gasteiger partial charge in [0.15, 0.2) is 5.96 Å². The van der Waals surface area contributed by atoms with Crippen molar-refractivity contribution in [2.75, 3.05) is 20.2 Å². The van der Waals surface area contributed by atoms with Crippen molar-refractivity contribution in [3.8, 4) is 11.6 Å². The highest BCUT2D eigenvalue weighted by atomic mass is 19.1. The number of ether oxygens (including phenoxy) is 2. The van der Waals surface area contributed by atoms with E-state index in [1.54, 1.807) is 31.5 Å². The molecule has 2 N–H and O–H groups in total. The fraction of sp³-hybridized carbons (Fsp3) is 0.368. The Hall–Kier alpha value is -2.83. The quantitative estimate of drug-likeness (QED) is 0.560. The molecule has 1 unspecified atom stereocenters. The molecule has 2 aromatic rings. The van der Waals surface area contributed by atoms with Gasteiger partial charge in [0.2, 0.25) is 5.88 Å². The average Bonchev–Trinajstić information content (AvgIpc) is 2.64. The molecule has 0 radical (unpaired) electrons. The van der Waals surface area contributed by atoms with E-state index in [1.807, 2.05) is 19.9 Å². The van der Waals surface area contributed by atoms with E-state index in [4.69, 9.17) is 9.47 Å². The first-order valence-electron chi connectivity index (χ1n) is 8.54. The summed E-state index contributed by atoms with van der Waals surface area (Å²) in [6.07, 6.45) is 1.59. The van der Waals surface area contributed by atoms with Crippen LogP contribution in [0.15, 0.2) is 47.6 Å². The van der Waals surface area contributed by atoms with Gasteiger partial charge in [-0.1, -0.05) is 12.1 Å². The highest BCUT2D eigenvalue weighted by Crippen LogP contribution is 2.13. The Balaban J connectivity index is 1.87. The zero-order valence-electron chi connectivity index (χ0n) is 15.3. The van der Waals surface area contributed by atoms with Gasteiger partial charge in [0.1, 0.15) is 17.7 Å². The summed E-state index contributed by atoms with van der Waals surface area (Å²) in [5, 5.41) is 6.41. The summed E-state index contributed by atoms with van der Waals surface area (Å²) in [4.78, 5) is 8.70. The molecule has 1 aromatic heterocycles. The van der Waals surface area contributed by atoms with Crippen LogP contribution in [0, 0.1) is 5.82 Å². The molecule has 0 saturated carbocycles. The molecule has 0 fully saturated rings. The van der Waals surface area contributed by atoms with Crippen molar-refractivity contribution in [2.45, 2.75) is 26.5 Å². The number of aliphatic imine (C=N–C) groups is 1. The summed E-state index contributed by atoms with van der Waals surface area (Å²) in [6.45, 7) is 5.67. The van der Waals surface area contributed by atoms with Gasteiger partial charge in [-0.05, 0) is 31.5 Å². The number of hydrogen-bond acceptors (Lipinski definition) is 4. The second-order valence-corrected chi connectivity index (χ2v) is 5.67. The SMILES string of the molecule is CCNC(=NCc1ccc(OC)nc1)NCC(C)Oc1cccc(F)c1. The first kappa shape index (κ1) is 19.5. The maximum absolute atomic E-state index is 13.2. The molecule has 0 amide bonds. The van der Waals surface area contributed by atoms with Gasteiger partial charge >= 0.3 is 0 Å². The molecule has 0 bridgehead atoms. The summed E-state index contributed by atoms with van der Waals surface area (Å²) in [7, 11) is 1.58. The number of hydrogen-bond donors (Lipinski definition) is 2. The number of pyridine rings is 1. The highest BCUT2D eigenvalue weighted by molar-refractivity contribution is 5.79. The molecular weight excluding hydrogens is 335 g/mol. The van der Waals surface area contributed by atoms with E-state index in [2.05, 4.69) is 20.6 Å². The third kappa shape index (κ3) is 6.58. The van der Waals surface area contributed by atoms with Crippen LogP contribution in [0.4, 0.5) is 4.39 Å². The normalized spacial score (nSPS) is 12.4. The van der Waals surface area contributed by atoms with Crippen molar-refractivity contribution in [1.82, 2.24) is 15.6 Å². The minimum absolute atomic E-state index is 0.150. The zero-order chi connectivity index (χ0) is 18.8. The van der Waals surface area contributed by atoms with Gasteiger partial charge in [-0.15, -0.1) is 0 Å². The molecule has 0 saturated heterocycles. The van der Waals surface area contributed by atoms with E-state index < -0.39 is 0 Å². The maximum Gasteiger partial charge on any atom is 0.212 e. The van der Waals surface area contributed by atoms with Gasteiger partial charge in [-0.2, -0.15) is 0 Å². The Labute approximate surface area is 153 Å². The Kier molecular flexibility index (Phi) is 7.67. The molecule has 6 nitrogen and oxygen atoms in total. The average molecular weight is 360 g/mol. The molecule has 1 atom stereocenters. The van der Waals surface area contributed by atoms with Gasteiger partial charge in [0.25, 0.3) is 0 Å². The van der Waals surface area contributed by atoms with E-state index in [-0.39, 0.29) is 11.9 Å². The van der Waals surface area contributed by atoms with E-state index in [0.29, 0.717) is 30.7 Å². The topological polar surface area (TPSA) is 67.8 Å². The number of aromatic nitrogens is 1.